The largest absolute Gasteiger partial charge is 0.497 e. The van der Waals surface area contributed by atoms with E-state index in [4.69, 9.17) is 14.5 Å². The van der Waals surface area contributed by atoms with Crippen LogP contribution in [0.5, 0.6) is 5.75 Å². The van der Waals surface area contributed by atoms with Crippen molar-refractivity contribution in [1.29, 1.82) is 0 Å². The highest BCUT2D eigenvalue weighted by molar-refractivity contribution is 7.22. The Hall–Kier alpha value is -3.45. The van der Waals surface area contributed by atoms with E-state index in [1.54, 1.807) is 25.3 Å². The van der Waals surface area contributed by atoms with Crippen molar-refractivity contribution in [2.45, 2.75) is 19.5 Å². The van der Waals surface area contributed by atoms with Crippen molar-refractivity contribution < 1.29 is 18.7 Å². The summed E-state index contributed by atoms with van der Waals surface area (Å²) in [6.45, 7) is 2.63. The number of nitrogens with zero attached hydrogens (tertiary/aromatic N) is 2. The highest BCUT2D eigenvalue weighted by atomic mass is 32.1. The zero-order valence-electron chi connectivity index (χ0n) is 18.0. The molecule has 0 saturated heterocycles. The maximum Gasteiger partial charge on any atom is 0.337 e. The number of ether oxygens (including phenoxy) is 2. The lowest BCUT2D eigenvalue weighted by molar-refractivity contribution is 0.0600. The molecule has 0 saturated carbocycles. The monoisotopic (exact) mass is 450 g/mol. The number of esters is 1. The van der Waals surface area contributed by atoms with E-state index in [1.165, 1.54) is 24.5 Å². The molecule has 0 N–H and O–H groups in total. The number of hydrogen-bond acceptors (Lipinski definition) is 6. The number of rotatable bonds is 7. The molecule has 0 aliphatic rings. The summed E-state index contributed by atoms with van der Waals surface area (Å²) in [6, 6.07) is 20.1. The molecular formula is C25H23FN2O3S. The van der Waals surface area contributed by atoms with Crippen LogP contribution in [-0.2, 0) is 11.3 Å². The molecule has 1 heterocycles. The number of fused-ring (bicyclic) bond motifs is 1. The smallest absolute Gasteiger partial charge is 0.337 e. The van der Waals surface area contributed by atoms with Gasteiger partial charge in [0.15, 0.2) is 5.13 Å². The molecule has 5 nitrogen and oxygen atoms in total. The molecule has 32 heavy (non-hydrogen) atoms. The second kappa shape index (κ2) is 9.36. The van der Waals surface area contributed by atoms with Gasteiger partial charge < -0.3 is 14.4 Å². The third-order valence-electron chi connectivity index (χ3n) is 5.40. The number of carbonyl (C=O) groups is 1. The van der Waals surface area contributed by atoms with Crippen molar-refractivity contribution in [3.8, 4) is 5.75 Å². The predicted molar refractivity (Wildman–Crippen MR) is 125 cm³/mol. The van der Waals surface area contributed by atoms with E-state index in [9.17, 15) is 9.18 Å². The summed E-state index contributed by atoms with van der Waals surface area (Å²) >= 11 is 1.33. The molecule has 1 unspecified atom stereocenters. The molecule has 7 heteroatoms. The van der Waals surface area contributed by atoms with Gasteiger partial charge >= 0.3 is 5.97 Å². The van der Waals surface area contributed by atoms with Crippen molar-refractivity contribution in [2.24, 2.45) is 0 Å². The topological polar surface area (TPSA) is 51.7 Å². The Kier molecular flexibility index (Phi) is 6.37. The van der Waals surface area contributed by atoms with E-state index < -0.39 is 0 Å². The minimum atomic E-state index is -0.373. The fourth-order valence-corrected chi connectivity index (χ4v) is 4.57. The Morgan fingerprint density at radius 3 is 2.41 bits per heavy atom. The first-order chi connectivity index (χ1) is 15.5. The summed E-state index contributed by atoms with van der Waals surface area (Å²) in [5, 5.41) is 0.727. The van der Waals surface area contributed by atoms with E-state index in [1.807, 2.05) is 42.5 Å². The molecule has 0 fully saturated rings. The van der Waals surface area contributed by atoms with Gasteiger partial charge in [-0.3, -0.25) is 0 Å². The lowest BCUT2D eigenvalue weighted by Gasteiger charge is -2.29. The van der Waals surface area contributed by atoms with Gasteiger partial charge in [-0.2, -0.15) is 0 Å². The first-order valence-corrected chi connectivity index (χ1v) is 10.9. The highest BCUT2D eigenvalue weighted by Gasteiger charge is 2.22. The predicted octanol–water partition coefficient (Wildman–Crippen LogP) is 6.00. The summed E-state index contributed by atoms with van der Waals surface area (Å²) in [7, 11) is 3.00. The number of anilines is 1. The number of aromatic nitrogens is 1. The maximum atomic E-state index is 14.3. The van der Waals surface area contributed by atoms with Gasteiger partial charge in [0.25, 0.3) is 0 Å². The van der Waals surface area contributed by atoms with Crippen LogP contribution in [-0.4, -0.2) is 25.2 Å². The van der Waals surface area contributed by atoms with Gasteiger partial charge in [-0.15, -0.1) is 0 Å². The van der Waals surface area contributed by atoms with E-state index in [-0.39, 0.29) is 17.8 Å². The Labute approximate surface area is 190 Å². The van der Waals surface area contributed by atoms with Crippen molar-refractivity contribution in [1.82, 2.24) is 4.98 Å². The summed E-state index contributed by atoms with van der Waals surface area (Å²) in [5.74, 6) is 0.139. The van der Waals surface area contributed by atoms with Gasteiger partial charge in [0.05, 0.1) is 36.0 Å². The zero-order chi connectivity index (χ0) is 22.7. The molecule has 0 aliphatic heterocycles. The molecule has 0 spiro atoms. The van der Waals surface area contributed by atoms with Crippen LogP contribution in [0.4, 0.5) is 9.52 Å². The zero-order valence-corrected chi connectivity index (χ0v) is 18.9. The average molecular weight is 451 g/mol. The molecule has 4 rings (SSSR count). The first kappa shape index (κ1) is 21.8. The fourth-order valence-electron chi connectivity index (χ4n) is 3.52. The third kappa shape index (κ3) is 4.43. The molecule has 4 aromatic rings. The maximum absolute atomic E-state index is 14.3. The summed E-state index contributed by atoms with van der Waals surface area (Å²) in [5.41, 5.74) is 3.21. The third-order valence-corrected chi connectivity index (χ3v) is 6.51. The molecule has 1 atom stereocenters. The Bertz CT molecular complexity index is 1220. The van der Waals surface area contributed by atoms with Crippen LogP contribution >= 0.6 is 11.3 Å². The lowest BCUT2D eigenvalue weighted by atomic mass is 10.1. The number of benzene rings is 3. The van der Waals surface area contributed by atoms with Crippen LogP contribution in [0.15, 0.2) is 66.7 Å². The molecule has 1 aromatic heterocycles. The van der Waals surface area contributed by atoms with E-state index in [0.29, 0.717) is 22.3 Å². The normalized spacial score (nSPS) is 11.9. The van der Waals surface area contributed by atoms with Gasteiger partial charge in [0.2, 0.25) is 0 Å². The highest BCUT2D eigenvalue weighted by Crippen LogP contribution is 2.36. The van der Waals surface area contributed by atoms with Crippen molar-refractivity contribution in [3.05, 3.63) is 89.2 Å². The summed E-state index contributed by atoms with van der Waals surface area (Å²) in [6.07, 6.45) is 0. The molecule has 0 bridgehead atoms. The van der Waals surface area contributed by atoms with Crippen molar-refractivity contribution in [2.75, 3.05) is 19.1 Å². The second-order valence-electron chi connectivity index (χ2n) is 7.35. The molecule has 3 aromatic carbocycles. The first-order valence-electron chi connectivity index (χ1n) is 10.1. The van der Waals surface area contributed by atoms with Crippen LogP contribution < -0.4 is 9.64 Å². The van der Waals surface area contributed by atoms with E-state index in [0.717, 1.165) is 22.0 Å². The van der Waals surface area contributed by atoms with E-state index >= 15 is 0 Å². The molecular weight excluding hydrogens is 427 g/mol. The molecule has 0 aliphatic carbocycles. The van der Waals surface area contributed by atoms with Crippen LogP contribution in [0.2, 0.25) is 0 Å². The van der Waals surface area contributed by atoms with Crippen molar-refractivity contribution >= 4 is 32.7 Å². The quantitative estimate of drug-likeness (QED) is 0.323. The Morgan fingerprint density at radius 1 is 1.06 bits per heavy atom. The summed E-state index contributed by atoms with van der Waals surface area (Å²) in [4.78, 5) is 18.6. The van der Waals surface area contributed by atoms with Crippen LogP contribution in [0.25, 0.3) is 10.2 Å². The van der Waals surface area contributed by atoms with Crippen molar-refractivity contribution in [3.63, 3.8) is 0 Å². The SMILES string of the molecule is COC(=O)c1ccc(CN(c2nc3cccc(F)c3s2)C(C)c2ccc(OC)cc2)cc1. The van der Waals surface area contributed by atoms with Gasteiger partial charge in [0, 0.05) is 6.54 Å². The van der Waals surface area contributed by atoms with Gasteiger partial charge in [0.1, 0.15) is 11.6 Å². The second-order valence-corrected chi connectivity index (χ2v) is 8.33. The molecule has 164 valence electrons. The average Bonchev–Trinajstić information content (AvgIpc) is 3.27. The Balaban J connectivity index is 1.71. The summed E-state index contributed by atoms with van der Waals surface area (Å²) < 4.78 is 24.9. The lowest BCUT2D eigenvalue weighted by Crippen LogP contribution is -2.26. The van der Waals surface area contributed by atoms with Gasteiger partial charge in [-0.25, -0.2) is 14.2 Å². The number of methoxy groups -OCH3 is 2. The number of hydrogen-bond donors (Lipinski definition) is 0. The van der Waals surface area contributed by atoms with Gasteiger partial charge in [-0.05, 0) is 54.4 Å². The van der Waals surface area contributed by atoms with Gasteiger partial charge in [-0.1, -0.05) is 41.7 Å². The molecule has 0 amide bonds. The van der Waals surface area contributed by atoms with E-state index in [2.05, 4.69) is 11.8 Å². The number of thiazole rings is 1. The van der Waals surface area contributed by atoms with Crippen LogP contribution in [0.1, 0.15) is 34.5 Å². The van der Waals surface area contributed by atoms with Crippen LogP contribution in [0, 0.1) is 5.82 Å². The number of carbonyl (C=O) groups excluding carboxylic acids is 1. The Morgan fingerprint density at radius 2 is 1.78 bits per heavy atom. The fraction of sp³-hybridized carbons (Fsp3) is 0.200. The number of halogens is 1. The minimum absolute atomic E-state index is 0.0372. The minimum Gasteiger partial charge on any atom is -0.497 e. The standard InChI is InChI=1S/C25H23FN2O3S/c1-16(18-11-13-20(30-2)14-12-18)28(15-17-7-9-19(10-8-17)24(29)31-3)25-27-22-6-4-5-21(26)23(22)32-25/h4-14,16H,15H2,1-3H3. The van der Waals surface area contributed by atoms with Crippen LogP contribution in [0.3, 0.4) is 0 Å². The molecule has 0 radical (unpaired) electrons.